The number of hydrogen-bond acceptors (Lipinski definition) is 4. The lowest BCUT2D eigenvalue weighted by atomic mass is 10.1. The first-order valence-electron chi connectivity index (χ1n) is 6.14. The molecule has 0 aliphatic heterocycles. The van der Waals surface area contributed by atoms with Crippen LogP contribution in [0.25, 0.3) is 0 Å². The van der Waals surface area contributed by atoms with Crippen LogP contribution in [0.1, 0.15) is 43.7 Å². The smallest absolute Gasteiger partial charge is 0.240 e. The summed E-state index contributed by atoms with van der Waals surface area (Å²) in [7, 11) is 0. The van der Waals surface area contributed by atoms with Crippen molar-refractivity contribution in [2.24, 2.45) is 5.73 Å². The molecule has 0 unspecified atom stereocenters. The Hall–Kier alpha value is -1.36. The molecule has 0 bridgehead atoms. The van der Waals surface area contributed by atoms with Gasteiger partial charge in [-0.05, 0) is 19.3 Å². The van der Waals surface area contributed by atoms with E-state index >= 15 is 0 Å². The van der Waals surface area contributed by atoms with Gasteiger partial charge in [0.25, 0.3) is 0 Å². The SMILES string of the molecule is CCc1noc(CC)c1CNC(=O)C1(N)CC1. The molecule has 1 aromatic heterocycles. The molecule has 1 aromatic rings. The molecule has 3 N–H and O–H groups in total. The summed E-state index contributed by atoms with van der Waals surface area (Å²) in [4.78, 5) is 11.7. The Morgan fingerprint density at radius 2 is 2.18 bits per heavy atom. The van der Waals surface area contributed by atoms with E-state index in [0.29, 0.717) is 6.54 Å². The molecule has 0 saturated heterocycles. The molecule has 94 valence electrons. The van der Waals surface area contributed by atoms with E-state index in [-0.39, 0.29) is 5.91 Å². The van der Waals surface area contributed by atoms with Crippen molar-refractivity contribution in [1.82, 2.24) is 10.5 Å². The topological polar surface area (TPSA) is 81.2 Å². The third kappa shape index (κ3) is 2.34. The van der Waals surface area contributed by atoms with Gasteiger partial charge in [0.1, 0.15) is 5.76 Å². The Morgan fingerprint density at radius 3 is 2.71 bits per heavy atom. The fourth-order valence-electron chi connectivity index (χ4n) is 1.84. The predicted octanol–water partition coefficient (Wildman–Crippen LogP) is 0.907. The predicted molar refractivity (Wildman–Crippen MR) is 63.3 cm³/mol. The van der Waals surface area contributed by atoms with Gasteiger partial charge in [0.2, 0.25) is 5.91 Å². The highest BCUT2D eigenvalue weighted by molar-refractivity contribution is 5.88. The molecule has 1 fully saturated rings. The number of carbonyl (C=O) groups excluding carboxylic acids is 1. The summed E-state index contributed by atoms with van der Waals surface area (Å²) in [5.41, 5.74) is 7.13. The normalized spacial score (nSPS) is 16.9. The van der Waals surface area contributed by atoms with E-state index in [1.807, 2.05) is 13.8 Å². The van der Waals surface area contributed by atoms with Crippen LogP contribution in [0.4, 0.5) is 0 Å². The van der Waals surface area contributed by atoms with Gasteiger partial charge < -0.3 is 15.6 Å². The summed E-state index contributed by atoms with van der Waals surface area (Å²) in [6.45, 7) is 4.50. The van der Waals surface area contributed by atoms with Crippen molar-refractivity contribution in [3.8, 4) is 0 Å². The van der Waals surface area contributed by atoms with Gasteiger partial charge in [-0.25, -0.2) is 0 Å². The molecule has 1 saturated carbocycles. The Kier molecular flexibility index (Phi) is 3.19. The number of amides is 1. The number of nitrogens with one attached hydrogen (secondary N) is 1. The molecule has 0 radical (unpaired) electrons. The number of aryl methyl sites for hydroxylation is 2. The maximum Gasteiger partial charge on any atom is 0.240 e. The quantitative estimate of drug-likeness (QED) is 0.797. The number of nitrogens with two attached hydrogens (primary N) is 1. The first kappa shape index (κ1) is 12.1. The molecule has 5 heteroatoms. The largest absolute Gasteiger partial charge is 0.361 e. The average Bonchev–Trinajstić information content (AvgIpc) is 2.96. The van der Waals surface area contributed by atoms with Gasteiger partial charge in [-0.2, -0.15) is 0 Å². The zero-order chi connectivity index (χ0) is 12.5. The maximum atomic E-state index is 11.7. The van der Waals surface area contributed by atoms with Gasteiger partial charge in [-0.3, -0.25) is 4.79 Å². The second-order valence-corrected chi connectivity index (χ2v) is 4.58. The first-order chi connectivity index (χ1) is 8.10. The molecule has 0 spiro atoms. The molecule has 5 nitrogen and oxygen atoms in total. The summed E-state index contributed by atoms with van der Waals surface area (Å²) in [6, 6.07) is 0. The van der Waals surface area contributed by atoms with Gasteiger partial charge >= 0.3 is 0 Å². The standard InChI is InChI=1S/C12H19N3O2/c1-3-9-8(10(4-2)17-15-9)7-14-11(16)12(13)5-6-12/h3-7,13H2,1-2H3,(H,14,16). The Balaban J connectivity index is 2.02. The molecular formula is C12H19N3O2. The van der Waals surface area contributed by atoms with Crippen LogP contribution >= 0.6 is 0 Å². The molecule has 1 aliphatic carbocycles. The first-order valence-corrected chi connectivity index (χ1v) is 6.14. The summed E-state index contributed by atoms with van der Waals surface area (Å²) in [6.07, 6.45) is 3.15. The monoisotopic (exact) mass is 237 g/mol. The minimum atomic E-state index is -0.615. The lowest BCUT2D eigenvalue weighted by Gasteiger charge is -2.10. The highest BCUT2D eigenvalue weighted by atomic mass is 16.5. The molecule has 1 amide bonds. The number of hydrogen-bond donors (Lipinski definition) is 2. The van der Waals surface area contributed by atoms with Crippen molar-refractivity contribution in [2.75, 3.05) is 0 Å². The van der Waals surface area contributed by atoms with E-state index in [2.05, 4.69) is 10.5 Å². The second kappa shape index (κ2) is 4.49. The molecule has 17 heavy (non-hydrogen) atoms. The van der Waals surface area contributed by atoms with Crippen LogP contribution in [0.3, 0.4) is 0 Å². The van der Waals surface area contributed by atoms with Crippen LogP contribution in [0.15, 0.2) is 4.52 Å². The number of rotatable bonds is 5. The third-order valence-electron chi connectivity index (χ3n) is 3.27. The van der Waals surface area contributed by atoms with Crippen LogP contribution in [-0.2, 0) is 24.2 Å². The summed E-state index contributed by atoms with van der Waals surface area (Å²) < 4.78 is 5.24. The van der Waals surface area contributed by atoms with Crippen molar-refractivity contribution in [2.45, 2.75) is 51.6 Å². The van der Waals surface area contributed by atoms with Crippen LogP contribution < -0.4 is 11.1 Å². The van der Waals surface area contributed by atoms with Crippen LogP contribution in [0.2, 0.25) is 0 Å². The van der Waals surface area contributed by atoms with Crippen LogP contribution in [-0.4, -0.2) is 16.6 Å². The third-order valence-corrected chi connectivity index (χ3v) is 3.27. The summed E-state index contributed by atoms with van der Waals surface area (Å²) >= 11 is 0. The number of nitrogens with zero attached hydrogens (tertiary/aromatic N) is 1. The van der Waals surface area contributed by atoms with Crippen LogP contribution in [0.5, 0.6) is 0 Å². The fraction of sp³-hybridized carbons (Fsp3) is 0.667. The lowest BCUT2D eigenvalue weighted by Crippen LogP contribution is -2.42. The summed E-state index contributed by atoms with van der Waals surface area (Å²) in [5, 5.41) is 6.88. The van der Waals surface area contributed by atoms with Gasteiger partial charge in [-0.15, -0.1) is 0 Å². The maximum absolute atomic E-state index is 11.7. The van der Waals surface area contributed by atoms with Crippen molar-refractivity contribution in [1.29, 1.82) is 0 Å². The van der Waals surface area contributed by atoms with E-state index in [0.717, 1.165) is 42.7 Å². The number of carbonyl (C=O) groups is 1. The Labute approximate surface area is 101 Å². The van der Waals surface area contributed by atoms with E-state index in [4.69, 9.17) is 10.3 Å². The van der Waals surface area contributed by atoms with E-state index in [1.165, 1.54) is 0 Å². The van der Waals surface area contributed by atoms with Crippen molar-refractivity contribution >= 4 is 5.91 Å². The minimum Gasteiger partial charge on any atom is -0.361 e. The van der Waals surface area contributed by atoms with Gasteiger partial charge in [0.15, 0.2) is 0 Å². The second-order valence-electron chi connectivity index (χ2n) is 4.58. The van der Waals surface area contributed by atoms with Crippen molar-refractivity contribution in [3.63, 3.8) is 0 Å². The van der Waals surface area contributed by atoms with Crippen molar-refractivity contribution in [3.05, 3.63) is 17.0 Å². The lowest BCUT2D eigenvalue weighted by molar-refractivity contribution is -0.123. The van der Waals surface area contributed by atoms with E-state index in [9.17, 15) is 4.79 Å². The highest BCUT2D eigenvalue weighted by Gasteiger charge is 2.45. The zero-order valence-electron chi connectivity index (χ0n) is 10.4. The van der Waals surface area contributed by atoms with Gasteiger partial charge in [0.05, 0.1) is 11.2 Å². The molecular weight excluding hydrogens is 218 g/mol. The highest BCUT2D eigenvalue weighted by Crippen LogP contribution is 2.32. The molecule has 2 rings (SSSR count). The molecule has 1 heterocycles. The zero-order valence-corrected chi connectivity index (χ0v) is 10.4. The molecule has 0 atom stereocenters. The van der Waals surface area contributed by atoms with E-state index < -0.39 is 5.54 Å². The summed E-state index contributed by atoms with van der Waals surface area (Å²) in [5.74, 6) is 0.784. The fourth-order valence-corrected chi connectivity index (χ4v) is 1.84. The van der Waals surface area contributed by atoms with E-state index in [1.54, 1.807) is 0 Å². The van der Waals surface area contributed by atoms with Gasteiger partial charge in [-0.1, -0.05) is 19.0 Å². The van der Waals surface area contributed by atoms with Crippen LogP contribution in [0, 0.1) is 0 Å². The van der Waals surface area contributed by atoms with Crippen molar-refractivity contribution < 1.29 is 9.32 Å². The molecule has 1 aliphatic rings. The Bertz CT molecular complexity index is 400. The molecule has 0 aromatic carbocycles. The average molecular weight is 237 g/mol. The Morgan fingerprint density at radius 1 is 1.47 bits per heavy atom. The number of aromatic nitrogens is 1. The van der Waals surface area contributed by atoms with Gasteiger partial charge in [0, 0.05) is 18.5 Å². The minimum absolute atomic E-state index is 0.0668.